The quantitative estimate of drug-likeness (QED) is 0.554. The Morgan fingerprint density at radius 1 is 1.42 bits per heavy atom. The molecule has 0 spiro atoms. The number of nitrogens with two attached hydrogens (primary N) is 2. The van der Waals surface area contributed by atoms with Crippen molar-refractivity contribution in [3.05, 3.63) is 28.1 Å². The lowest BCUT2D eigenvalue weighted by atomic mass is 10.1. The van der Waals surface area contributed by atoms with Gasteiger partial charge < -0.3 is 30.8 Å². The van der Waals surface area contributed by atoms with E-state index in [4.69, 9.17) is 16.6 Å². The molecular formula is C16H18F2N4O4. The van der Waals surface area contributed by atoms with E-state index in [9.17, 15) is 14.0 Å². The van der Waals surface area contributed by atoms with E-state index in [2.05, 4.69) is 4.74 Å². The zero-order valence-corrected chi connectivity index (χ0v) is 14.0. The van der Waals surface area contributed by atoms with E-state index in [-0.39, 0.29) is 30.3 Å². The van der Waals surface area contributed by atoms with Gasteiger partial charge in [-0.05, 0) is 13.3 Å². The average molecular weight is 368 g/mol. The van der Waals surface area contributed by atoms with Gasteiger partial charge in [-0.1, -0.05) is 0 Å². The third kappa shape index (κ3) is 2.71. The molecule has 3 rings (SSSR count). The molecule has 0 radical (unpaired) electrons. The topological polar surface area (TPSA) is 124 Å². The van der Waals surface area contributed by atoms with Crippen molar-refractivity contribution in [1.29, 1.82) is 0 Å². The van der Waals surface area contributed by atoms with Gasteiger partial charge >= 0.3 is 6.16 Å². The first-order valence-corrected chi connectivity index (χ1v) is 8.01. The first-order chi connectivity index (χ1) is 12.3. The summed E-state index contributed by atoms with van der Waals surface area (Å²) in [5.41, 5.74) is 9.52. The average Bonchev–Trinajstić information content (AvgIpc) is 3.00. The number of carbonyl (C=O) groups is 1. The van der Waals surface area contributed by atoms with E-state index in [1.165, 1.54) is 9.47 Å². The zero-order chi connectivity index (χ0) is 19.2. The van der Waals surface area contributed by atoms with Gasteiger partial charge in [0.2, 0.25) is 5.43 Å². The van der Waals surface area contributed by atoms with Gasteiger partial charge in [0.15, 0.2) is 17.4 Å². The lowest BCUT2D eigenvalue weighted by molar-refractivity contribution is 0.144. The van der Waals surface area contributed by atoms with Crippen LogP contribution in [0.2, 0.25) is 0 Å². The molecule has 8 nitrogen and oxygen atoms in total. The second kappa shape index (κ2) is 6.45. The van der Waals surface area contributed by atoms with Gasteiger partial charge in [-0.3, -0.25) is 4.79 Å². The fraction of sp³-hybridized carbons (Fsp3) is 0.375. The van der Waals surface area contributed by atoms with E-state index in [0.29, 0.717) is 13.0 Å². The number of aryl methyl sites for hydroxylation is 1. The van der Waals surface area contributed by atoms with E-state index < -0.39 is 40.0 Å². The summed E-state index contributed by atoms with van der Waals surface area (Å²) in [6, 6.07) is -0.217. The zero-order valence-electron chi connectivity index (χ0n) is 14.0. The van der Waals surface area contributed by atoms with Crippen LogP contribution in [-0.2, 0) is 6.54 Å². The van der Waals surface area contributed by atoms with Crippen LogP contribution in [0, 0.1) is 11.6 Å². The molecule has 26 heavy (non-hydrogen) atoms. The van der Waals surface area contributed by atoms with Crippen molar-refractivity contribution >= 4 is 28.4 Å². The number of hydrogen-bond acceptors (Lipinski definition) is 6. The molecule has 2 aromatic rings. The Kier molecular flexibility index (Phi) is 4.45. The maximum Gasteiger partial charge on any atom is 0.511 e. The summed E-state index contributed by atoms with van der Waals surface area (Å²) in [5.74, 6) is -2.59. The maximum atomic E-state index is 15.2. The Morgan fingerprint density at radius 3 is 2.65 bits per heavy atom. The third-order valence-electron chi connectivity index (χ3n) is 4.46. The largest absolute Gasteiger partial charge is 0.511 e. The second-order valence-corrected chi connectivity index (χ2v) is 6.09. The molecule has 10 heteroatoms. The summed E-state index contributed by atoms with van der Waals surface area (Å²) in [4.78, 5) is 24.7. The Labute approximate surface area is 146 Å². The maximum absolute atomic E-state index is 15.2. The number of anilines is 2. The van der Waals surface area contributed by atoms with Crippen LogP contribution in [-0.4, -0.2) is 35.0 Å². The normalized spacial score (nSPS) is 17.1. The number of rotatable bonds is 3. The Bertz CT molecular complexity index is 960. The predicted molar refractivity (Wildman–Crippen MR) is 91.7 cm³/mol. The van der Waals surface area contributed by atoms with Gasteiger partial charge in [0.05, 0.1) is 22.8 Å². The standard InChI is InChI=1S/C16H18F2N4O4/c1-2-21-6-8(26-16(24)25)15(23)9-12(20)10(17)14(11(18)13(9)21)22-4-3-7(19)5-22/h6-7H,2-5,19-20H2,1H3,(H,24,25)/t7-/m0/s1. The number of carboxylic acid groups (broad SMARTS) is 1. The summed E-state index contributed by atoms with van der Waals surface area (Å²) in [6.07, 6.45) is -0.0760. The first kappa shape index (κ1) is 17.9. The number of fused-ring (bicyclic) bond motifs is 1. The number of benzene rings is 1. The number of aromatic nitrogens is 1. The summed E-state index contributed by atoms with van der Waals surface area (Å²) in [5, 5.41) is 8.30. The highest BCUT2D eigenvalue weighted by molar-refractivity contribution is 5.96. The Morgan fingerprint density at radius 2 is 2.12 bits per heavy atom. The van der Waals surface area contributed by atoms with Gasteiger partial charge in [-0.15, -0.1) is 0 Å². The number of ether oxygens (including phenoxy) is 1. The van der Waals surface area contributed by atoms with Crippen molar-refractivity contribution < 1.29 is 23.4 Å². The van der Waals surface area contributed by atoms with Crippen LogP contribution in [0.5, 0.6) is 5.75 Å². The van der Waals surface area contributed by atoms with Crippen molar-refractivity contribution in [2.45, 2.75) is 25.9 Å². The van der Waals surface area contributed by atoms with Crippen LogP contribution in [0.25, 0.3) is 10.9 Å². The minimum Gasteiger partial charge on any atom is -0.449 e. The van der Waals surface area contributed by atoms with Crippen LogP contribution in [0.4, 0.5) is 25.0 Å². The van der Waals surface area contributed by atoms with Crippen LogP contribution >= 0.6 is 0 Å². The summed E-state index contributed by atoms with van der Waals surface area (Å²) in [6.45, 7) is 2.44. The molecule has 0 unspecified atom stereocenters. The predicted octanol–water partition coefficient (Wildman–Crippen LogP) is 1.48. The van der Waals surface area contributed by atoms with Crippen molar-refractivity contribution in [2.75, 3.05) is 23.7 Å². The molecule has 1 atom stereocenters. The van der Waals surface area contributed by atoms with E-state index in [0.717, 1.165) is 6.20 Å². The monoisotopic (exact) mass is 368 g/mol. The summed E-state index contributed by atoms with van der Waals surface area (Å²) >= 11 is 0. The van der Waals surface area contributed by atoms with Gasteiger partial charge in [-0.25, -0.2) is 13.6 Å². The molecule has 1 saturated heterocycles. The smallest absolute Gasteiger partial charge is 0.449 e. The molecule has 1 aliphatic rings. The molecule has 2 heterocycles. The van der Waals surface area contributed by atoms with E-state index in [1.807, 2.05) is 0 Å². The molecule has 0 saturated carbocycles. The molecule has 0 bridgehead atoms. The second-order valence-electron chi connectivity index (χ2n) is 6.09. The molecule has 0 aliphatic carbocycles. The summed E-state index contributed by atoms with van der Waals surface area (Å²) in [7, 11) is 0. The van der Waals surface area contributed by atoms with Crippen LogP contribution in [0.1, 0.15) is 13.3 Å². The van der Waals surface area contributed by atoms with Gasteiger partial charge in [0.1, 0.15) is 5.69 Å². The Hall–Kier alpha value is -2.88. The number of nitrogen functional groups attached to an aromatic ring is 1. The molecule has 1 aromatic carbocycles. The molecule has 0 amide bonds. The Balaban J connectivity index is 2.36. The van der Waals surface area contributed by atoms with Crippen molar-refractivity contribution in [3.8, 4) is 5.75 Å². The van der Waals surface area contributed by atoms with E-state index in [1.54, 1.807) is 6.92 Å². The molecule has 5 N–H and O–H groups in total. The first-order valence-electron chi connectivity index (χ1n) is 8.01. The SMILES string of the molecule is CCn1cc(OC(=O)O)c(=O)c2c(N)c(F)c(N3CC[C@H](N)C3)c(F)c21. The summed E-state index contributed by atoms with van der Waals surface area (Å²) < 4.78 is 35.7. The van der Waals surface area contributed by atoms with Crippen LogP contribution < -0.4 is 26.5 Å². The molecule has 1 aliphatic heterocycles. The van der Waals surface area contributed by atoms with Gasteiger partial charge in [-0.2, -0.15) is 0 Å². The van der Waals surface area contributed by atoms with Gasteiger partial charge in [0, 0.05) is 25.7 Å². The highest BCUT2D eigenvalue weighted by Gasteiger charge is 2.30. The van der Waals surface area contributed by atoms with Crippen molar-refractivity contribution in [3.63, 3.8) is 0 Å². The fourth-order valence-electron chi connectivity index (χ4n) is 3.25. The number of halogens is 2. The molecular weight excluding hydrogens is 350 g/mol. The minimum absolute atomic E-state index is 0.174. The fourth-order valence-corrected chi connectivity index (χ4v) is 3.25. The lowest BCUT2D eigenvalue weighted by Crippen LogP contribution is -2.28. The minimum atomic E-state index is -1.72. The third-order valence-corrected chi connectivity index (χ3v) is 4.46. The molecule has 1 aromatic heterocycles. The van der Waals surface area contributed by atoms with E-state index >= 15 is 4.39 Å². The van der Waals surface area contributed by atoms with Gasteiger partial charge in [0.25, 0.3) is 0 Å². The van der Waals surface area contributed by atoms with Crippen molar-refractivity contribution in [1.82, 2.24) is 4.57 Å². The molecule has 140 valence electrons. The lowest BCUT2D eigenvalue weighted by Gasteiger charge is -2.23. The number of nitrogens with zero attached hydrogens (tertiary/aromatic N) is 2. The van der Waals surface area contributed by atoms with Crippen LogP contribution in [0.3, 0.4) is 0 Å². The highest BCUT2D eigenvalue weighted by Crippen LogP contribution is 2.36. The number of pyridine rings is 1. The van der Waals surface area contributed by atoms with Crippen LogP contribution in [0.15, 0.2) is 11.0 Å². The van der Waals surface area contributed by atoms with Crippen molar-refractivity contribution in [2.24, 2.45) is 5.73 Å². The number of hydrogen-bond donors (Lipinski definition) is 3. The highest BCUT2D eigenvalue weighted by atomic mass is 19.1. The molecule has 1 fully saturated rings.